The molecule has 6 nitrogen and oxygen atoms in total. The fraction of sp³-hybridized carbons (Fsp3) is 0.636. The quantitative estimate of drug-likeness (QED) is 0.728. The van der Waals surface area contributed by atoms with E-state index in [9.17, 15) is 0 Å². The van der Waals surface area contributed by atoms with Gasteiger partial charge in [-0.1, -0.05) is 0 Å². The summed E-state index contributed by atoms with van der Waals surface area (Å²) in [4.78, 5) is 8.13. The van der Waals surface area contributed by atoms with Gasteiger partial charge in [0.05, 0.1) is 18.8 Å². The average molecular weight is 240 g/mol. The Morgan fingerprint density at radius 2 is 2.18 bits per heavy atom. The van der Waals surface area contributed by atoms with Gasteiger partial charge in [0, 0.05) is 19.7 Å². The Kier molecular flexibility index (Phi) is 5.65. The topological polar surface area (TPSA) is 82.3 Å². The third kappa shape index (κ3) is 4.97. The lowest BCUT2D eigenvalue weighted by Gasteiger charge is -2.16. The van der Waals surface area contributed by atoms with E-state index in [1.807, 2.05) is 13.8 Å². The molecule has 0 aromatic carbocycles. The van der Waals surface area contributed by atoms with Crippen molar-refractivity contribution < 1.29 is 9.47 Å². The summed E-state index contributed by atoms with van der Waals surface area (Å²) in [7, 11) is 1.64. The van der Waals surface area contributed by atoms with Crippen LogP contribution in [0.25, 0.3) is 0 Å². The first kappa shape index (κ1) is 13.7. The van der Waals surface area contributed by atoms with Gasteiger partial charge in [-0.25, -0.2) is 9.97 Å². The van der Waals surface area contributed by atoms with Crippen molar-refractivity contribution in [2.75, 3.05) is 25.6 Å². The number of methoxy groups -OCH3 is 1. The number of hydrogen-bond donors (Lipinski definition) is 2. The molecule has 1 aromatic heterocycles. The minimum absolute atomic E-state index is 0.0294. The first-order valence-electron chi connectivity index (χ1n) is 5.60. The van der Waals surface area contributed by atoms with Crippen LogP contribution in [0.5, 0.6) is 5.88 Å². The summed E-state index contributed by atoms with van der Waals surface area (Å²) in [5.74, 6) is 1.23. The van der Waals surface area contributed by atoms with Gasteiger partial charge in [0.1, 0.15) is 12.1 Å². The van der Waals surface area contributed by atoms with Gasteiger partial charge in [-0.3, -0.25) is 0 Å². The maximum Gasteiger partial charge on any atom is 0.218 e. The van der Waals surface area contributed by atoms with Crippen molar-refractivity contribution in [2.45, 2.75) is 26.0 Å². The first-order valence-corrected chi connectivity index (χ1v) is 5.60. The van der Waals surface area contributed by atoms with E-state index >= 15 is 0 Å². The molecule has 3 N–H and O–H groups in total. The van der Waals surface area contributed by atoms with Crippen LogP contribution in [-0.4, -0.2) is 42.4 Å². The van der Waals surface area contributed by atoms with Gasteiger partial charge < -0.3 is 20.5 Å². The van der Waals surface area contributed by atoms with Gasteiger partial charge in [-0.05, 0) is 13.8 Å². The van der Waals surface area contributed by atoms with Gasteiger partial charge in [0.2, 0.25) is 5.88 Å². The number of anilines is 1. The molecule has 0 spiro atoms. The average Bonchev–Trinajstić information content (AvgIpc) is 2.28. The van der Waals surface area contributed by atoms with Crippen LogP contribution in [0.1, 0.15) is 13.8 Å². The highest BCUT2D eigenvalue weighted by Crippen LogP contribution is 2.13. The first-order chi connectivity index (χ1) is 8.15. The summed E-state index contributed by atoms with van der Waals surface area (Å²) in [6.07, 6.45) is 1.54. The van der Waals surface area contributed by atoms with Crippen LogP contribution in [0.15, 0.2) is 12.4 Å². The van der Waals surface area contributed by atoms with Crippen LogP contribution in [0.2, 0.25) is 0 Å². The molecule has 1 heterocycles. The van der Waals surface area contributed by atoms with Crippen LogP contribution in [0, 0.1) is 0 Å². The molecule has 0 radical (unpaired) electrons. The Bertz CT molecular complexity index is 333. The molecule has 1 rings (SSSR count). The molecule has 96 valence electrons. The number of rotatable bonds is 7. The lowest BCUT2D eigenvalue weighted by molar-refractivity contribution is 0.187. The zero-order valence-corrected chi connectivity index (χ0v) is 10.5. The monoisotopic (exact) mass is 240 g/mol. The van der Waals surface area contributed by atoms with Gasteiger partial charge in [-0.2, -0.15) is 0 Å². The smallest absolute Gasteiger partial charge is 0.218 e. The second-order valence-corrected chi connectivity index (χ2v) is 3.94. The molecule has 0 aliphatic heterocycles. The van der Waals surface area contributed by atoms with Crippen molar-refractivity contribution in [1.82, 2.24) is 9.97 Å². The summed E-state index contributed by atoms with van der Waals surface area (Å²) in [5.41, 5.74) is 5.61. The molecule has 0 aliphatic rings. The van der Waals surface area contributed by atoms with Gasteiger partial charge >= 0.3 is 0 Å². The summed E-state index contributed by atoms with van der Waals surface area (Å²) in [6.45, 7) is 4.89. The highest BCUT2D eigenvalue weighted by molar-refractivity contribution is 5.38. The zero-order chi connectivity index (χ0) is 12.7. The summed E-state index contributed by atoms with van der Waals surface area (Å²) in [5, 5.41) is 3.16. The summed E-state index contributed by atoms with van der Waals surface area (Å²) < 4.78 is 10.5. The van der Waals surface area contributed by atoms with Crippen LogP contribution in [0.4, 0.5) is 5.82 Å². The molecule has 1 atom stereocenters. The van der Waals surface area contributed by atoms with E-state index in [0.29, 0.717) is 24.8 Å². The highest BCUT2D eigenvalue weighted by Gasteiger charge is 2.08. The molecule has 6 heteroatoms. The van der Waals surface area contributed by atoms with Crippen molar-refractivity contribution >= 4 is 5.82 Å². The fourth-order valence-electron chi connectivity index (χ4n) is 1.30. The van der Waals surface area contributed by atoms with Gasteiger partial charge in [0.25, 0.3) is 0 Å². The molecule has 17 heavy (non-hydrogen) atoms. The molecule has 1 unspecified atom stereocenters. The Hall–Kier alpha value is -1.40. The van der Waals surface area contributed by atoms with E-state index in [1.165, 1.54) is 6.33 Å². The van der Waals surface area contributed by atoms with Crippen molar-refractivity contribution in [2.24, 2.45) is 5.73 Å². The predicted octanol–water partition coefficient (Wildman–Crippen LogP) is 0.649. The Morgan fingerprint density at radius 1 is 1.41 bits per heavy atom. The molecule has 0 aliphatic carbocycles. The van der Waals surface area contributed by atoms with E-state index in [1.54, 1.807) is 13.2 Å². The lowest BCUT2D eigenvalue weighted by Crippen LogP contribution is -2.33. The summed E-state index contributed by atoms with van der Waals surface area (Å²) in [6, 6.07) is 1.78. The molecule has 0 saturated carbocycles. The van der Waals surface area contributed by atoms with Crippen LogP contribution in [-0.2, 0) is 4.74 Å². The molecular formula is C11H20N4O2. The zero-order valence-electron chi connectivity index (χ0n) is 10.5. The normalized spacial score (nSPS) is 12.5. The van der Waals surface area contributed by atoms with E-state index in [-0.39, 0.29) is 12.1 Å². The van der Waals surface area contributed by atoms with Crippen molar-refractivity contribution in [3.8, 4) is 5.88 Å². The molecule has 0 amide bonds. The highest BCUT2D eigenvalue weighted by atomic mass is 16.5. The number of nitrogens with one attached hydrogen (secondary N) is 1. The largest absolute Gasteiger partial charge is 0.475 e. The SMILES string of the molecule is COCC(CN)Nc1cc(OC(C)C)ncn1. The molecule has 0 fully saturated rings. The Balaban J connectivity index is 2.63. The standard InChI is InChI=1S/C11H20N4O2/c1-8(2)17-11-4-10(13-7-14-11)15-9(5-12)6-16-3/h4,7-9H,5-6,12H2,1-3H3,(H,13,14,15). The Morgan fingerprint density at radius 3 is 2.76 bits per heavy atom. The van der Waals surface area contributed by atoms with Crippen LogP contribution >= 0.6 is 0 Å². The number of ether oxygens (including phenoxy) is 2. The van der Waals surface area contributed by atoms with Crippen molar-refractivity contribution in [3.05, 3.63) is 12.4 Å². The molecule has 1 aromatic rings. The predicted molar refractivity (Wildman–Crippen MR) is 66.1 cm³/mol. The third-order valence-corrected chi connectivity index (χ3v) is 2.00. The maximum absolute atomic E-state index is 5.61. The number of nitrogens with zero attached hydrogens (tertiary/aromatic N) is 2. The van der Waals surface area contributed by atoms with Crippen LogP contribution < -0.4 is 15.8 Å². The minimum atomic E-state index is 0.0294. The Labute approximate surface area is 102 Å². The number of nitrogens with two attached hydrogens (primary N) is 1. The van der Waals surface area contributed by atoms with Crippen molar-refractivity contribution in [1.29, 1.82) is 0 Å². The number of hydrogen-bond acceptors (Lipinski definition) is 6. The van der Waals surface area contributed by atoms with Crippen LogP contribution in [0.3, 0.4) is 0 Å². The minimum Gasteiger partial charge on any atom is -0.475 e. The van der Waals surface area contributed by atoms with E-state index < -0.39 is 0 Å². The fourth-order valence-corrected chi connectivity index (χ4v) is 1.30. The molecule has 0 bridgehead atoms. The van der Waals surface area contributed by atoms with E-state index in [2.05, 4.69) is 15.3 Å². The van der Waals surface area contributed by atoms with Gasteiger partial charge in [0.15, 0.2) is 0 Å². The molecule has 0 saturated heterocycles. The molecular weight excluding hydrogens is 220 g/mol. The van der Waals surface area contributed by atoms with Gasteiger partial charge in [-0.15, -0.1) is 0 Å². The second-order valence-electron chi connectivity index (χ2n) is 3.94. The van der Waals surface area contributed by atoms with E-state index in [0.717, 1.165) is 0 Å². The third-order valence-electron chi connectivity index (χ3n) is 2.00. The lowest BCUT2D eigenvalue weighted by atomic mass is 10.3. The van der Waals surface area contributed by atoms with E-state index in [4.69, 9.17) is 15.2 Å². The number of aromatic nitrogens is 2. The summed E-state index contributed by atoms with van der Waals surface area (Å²) >= 11 is 0. The second kappa shape index (κ2) is 7.03. The maximum atomic E-state index is 5.61. The van der Waals surface area contributed by atoms with Crippen molar-refractivity contribution in [3.63, 3.8) is 0 Å².